The van der Waals surface area contributed by atoms with Crippen LogP contribution in [0.5, 0.6) is 0 Å². The highest BCUT2D eigenvalue weighted by Gasteiger charge is 2.45. The number of carbonyl (C=O) groups excluding carboxylic acids is 11. The largest absolute Gasteiger partial charge is 0.445 e. The number of ether oxygens (including phenoxy) is 3. The van der Waals surface area contributed by atoms with Gasteiger partial charge in [-0.3, -0.25) is 53.4 Å². The van der Waals surface area contributed by atoms with E-state index in [-0.39, 0.29) is 108 Å². The molecule has 2 heterocycles. The molecule has 576 valence electrons. The van der Waals surface area contributed by atoms with Gasteiger partial charge in [0.25, 0.3) is 11.8 Å². The number of likely N-dealkylation sites (tertiary alicyclic amines) is 1. The lowest BCUT2D eigenvalue weighted by Gasteiger charge is -2.41. The van der Waals surface area contributed by atoms with Gasteiger partial charge < -0.3 is 61.0 Å². The maximum atomic E-state index is 14.8. The average Bonchev–Trinajstić information content (AvgIpc) is 1.80. The number of alkyl carbamates (subject to hydrolysis) is 1. The van der Waals surface area contributed by atoms with Gasteiger partial charge in [-0.2, -0.15) is 13.2 Å². The summed E-state index contributed by atoms with van der Waals surface area (Å²) >= 11 is 0. The van der Waals surface area contributed by atoms with Crippen molar-refractivity contribution in [1.82, 2.24) is 40.9 Å². The van der Waals surface area contributed by atoms with Crippen LogP contribution in [0.4, 0.5) is 28.4 Å². The molecule has 1 saturated heterocycles. The number of alkyl halides is 3. The average molecular weight is 1450 g/mol. The molecular weight excluding hydrogens is 1340 g/mol. The number of Topliss-reactive ketones (excluding diaryl/α,β-unsaturated/α-hetero) is 2. The molecule has 13 atom stereocenters. The third kappa shape index (κ3) is 27.0. The van der Waals surface area contributed by atoms with Gasteiger partial charge >= 0.3 is 18.3 Å². The molecule has 0 bridgehead atoms. The molecule has 2 aromatic rings. The number of nitrogens with two attached hydrogens (primary N) is 1. The third-order valence-corrected chi connectivity index (χ3v) is 19.8. The Morgan fingerprint density at radius 1 is 0.709 bits per heavy atom. The van der Waals surface area contributed by atoms with Crippen molar-refractivity contribution in [3.63, 3.8) is 0 Å². The number of hydrogen-bond donors (Lipinski definition) is 7. The molecule has 28 heteroatoms. The first-order valence-electron chi connectivity index (χ1n) is 36.2. The first-order chi connectivity index (χ1) is 48.6. The van der Waals surface area contributed by atoms with E-state index in [9.17, 15) is 71.0 Å². The quantitative estimate of drug-likeness (QED) is 0.0241. The van der Waals surface area contributed by atoms with Crippen LogP contribution in [0.3, 0.4) is 0 Å². The number of imide groups is 1. The fourth-order valence-corrected chi connectivity index (χ4v) is 13.6. The highest BCUT2D eigenvalue weighted by Crippen LogP contribution is 2.33. The van der Waals surface area contributed by atoms with Crippen molar-refractivity contribution >= 4 is 70.7 Å². The van der Waals surface area contributed by atoms with Crippen LogP contribution in [-0.2, 0) is 64.0 Å². The van der Waals surface area contributed by atoms with E-state index in [1.165, 1.54) is 38.3 Å². The van der Waals surface area contributed by atoms with E-state index in [0.29, 0.717) is 43.5 Å². The lowest BCUT2D eigenvalue weighted by Crippen LogP contribution is -2.60. The van der Waals surface area contributed by atoms with E-state index in [1.807, 2.05) is 51.1 Å². The fraction of sp³-hybridized carbons (Fsp3) is 0.667. The van der Waals surface area contributed by atoms with Gasteiger partial charge in [0.05, 0.1) is 42.9 Å². The van der Waals surface area contributed by atoms with Gasteiger partial charge in [0, 0.05) is 103 Å². The number of carbonyl (C=O) groups is 11. The van der Waals surface area contributed by atoms with Crippen molar-refractivity contribution in [3.05, 3.63) is 77.9 Å². The van der Waals surface area contributed by atoms with Crippen molar-refractivity contribution in [1.29, 1.82) is 0 Å². The molecule has 2 aromatic carbocycles. The van der Waals surface area contributed by atoms with Crippen LogP contribution >= 0.6 is 0 Å². The molecule has 13 unspecified atom stereocenters. The normalized spacial score (nSPS) is 17.5. The first kappa shape index (κ1) is 87.6. The van der Waals surface area contributed by atoms with E-state index in [2.05, 4.69) is 26.6 Å². The van der Waals surface area contributed by atoms with Gasteiger partial charge in [0.15, 0.2) is 5.78 Å². The fourth-order valence-electron chi connectivity index (χ4n) is 13.6. The molecule has 4 rings (SSSR count). The summed E-state index contributed by atoms with van der Waals surface area (Å²) < 4.78 is 60.8. The lowest BCUT2D eigenvalue weighted by molar-refractivity contribution is -0.161. The maximum Gasteiger partial charge on any atom is 0.407 e. The number of unbranched alkanes of at least 4 members (excludes halogenated alkanes) is 2. The molecular formula is C75H115F3N10O15. The highest BCUT2D eigenvalue weighted by atomic mass is 19.4. The first-order valence-corrected chi connectivity index (χ1v) is 36.2. The van der Waals surface area contributed by atoms with Crippen molar-refractivity contribution in [3.8, 4) is 0 Å². The summed E-state index contributed by atoms with van der Waals surface area (Å²) in [5.74, 6) is -7.40. The monoisotopic (exact) mass is 1450 g/mol. The predicted octanol–water partition coefficient (Wildman–Crippen LogP) is 8.56. The number of primary amides is 1. The number of halogens is 3. The number of hydrogen-bond acceptors (Lipinski definition) is 16. The van der Waals surface area contributed by atoms with Gasteiger partial charge in [-0.15, -0.1) is 0 Å². The topological polar surface area (TPSA) is 335 Å². The minimum Gasteiger partial charge on any atom is -0.445 e. The van der Waals surface area contributed by atoms with E-state index in [4.69, 9.17) is 19.9 Å². The van der Waals surface area contributed by atoms with Gasteiger partial charge in [0.2, 0.25) is 29.5 Å². The lowest BCUT2D eigenvalue weighted by atomic mass is 9.85. The van der Waals surface area contributed by atoms with E-state index in [0.717, 1.165) is 22.6 Å². The van der Waals surface area contributed by atoms with Crippen molar-refractivity contribution in [2.75, 3.05) is 59.8 Å². The Morgan fingerprint density at radius 3 is 1.91 bits per heavy atom. The highest BCUT2D eigenvalue weighted by molar-refractivity contribution is 6.12. The smallest absolute Gasteiger partial charge is 0.407 e. The van der Waals surface area contributed by atoms with E-state index < -0.39 is 150 Å². The Balaban J connectivity index is 1.30. The number of rotatable bonds is 45. The number of benzene rings is 2. The molecule has 25 nitrogen and oxygen atoms in total. The van der Waals surface area contributed by atoms with Gasteiger partial charge in [-0.25, -0.2) is 9.59 Å². The maximum absolute atomic E-state index is 14.8. The number of anilines is 1. The van der Waals surface area contributed by atoms with Crippen LogP contribution in [-0.4, -0.2) is 199 Å². The molecule has 2 aliphatic rings. The van der Waals surface area contributed by atoms with Crippen molar-refractivity contribution < 1.29 is 85.2 Å². The zero-order valence-corrected chi connectivity index (χ0v) is 62.7. The molecule has 8 N–H and O–H groups in total. The zero-order chi connectivity index (χ0) is 77.0. The number of likely N-dealkylation sites (N-methyl/N-ethyl adjacent to an activating group) is 2. The second-order valence-electron chi connectivity index (χ2n) is 28.6. The number of nitrogens with one attached hydrogen (secondary N) is 5. The third-order valence-electron chi connectivity index (χ3n) is 19.8. The van der Waals surface area contributed by atoms with Gasteiger partial charge in [-0.1, -0.05) is 131 Å². The van der Waals surface area contributed by atoms with Crippen LogP contribution in [0.1, 0.15) is 176 Å². The van der Waals surface area contributed by atoms with Crippen LogP contribution in [0.25, 0.3) is 0 Å². The van der Waals surface area contributed by atoms with Crippen molar-refractivity contribution in [2.24, 2.45) is 47.2 Å². The SMILES string of the molecule is CCC(C)C(C(CC(=O)N1CCCC1C(OC)C(C)C(=O)CC(C)C(O)c1ccccc1)OC)N(C)C(=O)C(NC(=O)C(C(C)C)N(C)C(=O)CCCNC(=O)OCc1ccc(NC(=O)C(CCCNC(N)=O)CC(=O)C(NC(CCCCCN2C(=O)C=CC2=O)C(F)(F)F)C(C)C)cc1)C(C)C. The standard InChI is InChI=1S/C75H115F3N10O15/c1-15-48(8)67(58(101-13)43-63(94)87-40-24-28-55(87)69(102-14)50(10)56(89)41-49(9)68(95)52-25-18-16-19-26-52)86(12)72(98)65(46(4)5)84-71(97)66(47(6)7)85(11)60(91)30-23-38-81-74(100)103-44-51-31-33-54(34-32-51)82-70(96)53(27-22-37-80-73(79)99)42-57(90)64(45(2)3)83-59(75(76,77)78)29-20-17-21-39-88-61(92)35-36-62(88)93/h16,18-19,25-26,31-36,45-50,53,55,58-59,64-69,83,95H,15,17,20-24,27-30,37-44H2,1-14H3,(H,81,100)(H,82,96)(H,84,97)(H3,79,80,99). The number of amides is 10. The molecule has 0 radical (unpaired) electrons. The molecule has 0 aliphatic carbocycles. The summed E-state index contributed by atoms with van der Waals surface area (Å²) in [5, 5.41) is 24.3. The van der Waals surface area contributed by atoms with E-state index in [1.54, 1.807) is 77.4 Å². The number of nitrogens with zero attached hydrogens (tertiary/aromatic N) is 4. The van der Waals surface area contributed by atoms with Crippen LogP contribution in [0, 0.1) is 41.4 Å². The molecule has 1 fully saturated rings. The molecule has 0 spiro atoms. The molecule has 0 aromatic heterocycles. The number of aliphatic hydroxyl groups excluding tert-OH is 1. The Kier molecular flexibility index (Phi) is 36.4. The second-order valence-corrected chi connectivity index (χ2v) is 28.6. The van der Waals surface area contributed by atoms with Crippen LogP contribution in [0.2, 0.25) is 0 Å². The number of ketones is 2. The second kappa shape index (κ2) is 42.8. The van der Waals surface area contributed by atoms with Crippen LogP contribution < -0.4 is 32.3 Å². The minimum absolute atomic E-state index is 0.0319. The Bertz CT molecular complexity index is 3120. The molecule has 103 heavy (non-hydrogen) atoms. The van der Waals surface area contributed by atoms with E-state index >= 15 is 0 Å². The Labute approximate surface area is 605 Å². The zero-order valence-electron chi connectivity index (χ0n) is 62.7. The van der Waals surface area contributed by atoms with Crippen molar-refractivity contribution in [2.45, 2.75) is 226 Å². The molecule has 0 saturated carbocycles. The number of aliphatic hydroxyl groups is 1. The number of urea groups is 1. The summed E-state index contributed by atoms with van der Waals surface area (Å²) in [7, 11) is 6.18. The molecule has 2 aliphatic heterocycles. The minimum atomic E-state index is -4.73. The summed E-state index contributed by atoms with van der Waals surface area (Å²) in [5.41, 5.74) is 6.76. The summed E-state index contributed by atoms with van der Waals surface area (Å²) in [4.78, 5) is 153. The summed E-state index contributed by atoms with van der Waals surface area (Å²) in [6.45, 7) is 18.4. The van der Waals surface area contributed by atoms with Gasteiger partial charge in [0.1, 0.15) is 30.5 Å². The predicted molar refractivity (Wildman–Crippen MR) is 383 cm³/mol. The van der Waals surface area contributed by atoms with Gasteiger partial charge in [-0.05, 0) is 97.8 Å². The Morgan fingerprint density at radius 2 is 1.34 bits per heavy atom. The van der Waals surface area contributed by atoms with Crippen LogP contribution in [0.15, 0.2) is 66.7 Å². The summed E-state index contributed by atoms with van der Waals surface area (Å²) in [6, 6.07) is 8.21. The Hall–Kier alpha value is -7.82. The number of methoxy groups -OCH3 is 2. The molecule has 10 amide bonds. The summed E-state index contributed by atoms with van der Waals surface area (Å²) in [6.07, 6.45) is -3.26.